The normalized spacial score (nSPS) is 17.4. The first-order valence-electron chi connectivity index (χ1n) is 9.07. The van der Waals surface area contributed by atoms with Gasteiger partial charge in [0.1, 0.15) is 5.82 Å². The van der Waals surface area contributed by atoms with Gasteiger partial charge in [-0.1, -0.05) is 12.1 Å². The molecular formula is C20H22FN5O. The van der Waals surface area contributed by atoms with E-state index in [9.17, 15) is 4.39 Å². The summed E-state index contributed by atoms with van der Waals surface area (Å²) in [6.07, 6.45) is 5.77. The molecular weight excluding hydrogens is 345 g/mol. The molecule has 0 spiro atoms. The van der Waals surface area contributed by atoms with Crippen LogP contribution in [0.5, 0.6) is 11.6 Å². The molecule has 0 aliphatic carbocycles. The van der Waals surface area contributed by atoms with Gasteiger partial charge in [-0.05, 0) is 38.4 Å². The average molecular weight is 367 g/mol. The van der Waals surface area contributed by atoms with Crippen LogP contribution in [0.15, 0.2) is 42.9 Å². The van der Waals surface area contributed by atoms with Crippen LogP contribution in [-0.2, 0) is 13.6 Å². The predicted molar refractivity (Wildman–Crippen MR) is 98.8 cm³/mol. The zero-order chi connectivity index (χ0) is 18.8. The molecule has 3 aromatic rings. The summed E-state index contributed by atoms with van der Waals surface area (Å²) < 4.78 is 21.6. The molecule has 7 heteroatoms. The Kier molecular flexibility index (Phi) is 4.85. The van der Waals surface area contributed by atoms with Crippen LogP contribution in [0.4, 0.5) is 4.39 Å². The van der Waals surface area contributed by atoms with Gasteiger partial charge in [0.05, 0.1) is 18.1 Å². The number of likely N-dealkylation sites (tertiary alicyclic amines) is 1. The second-order valence-corrected chi connectivity index (χ2v) is 6.86. The van der Waals surface area contributed by atoms with Crippen molar-refractivity contribution >= 4 is 0 Å². The van der Waals surface area contributed by atoms with Crippen LogP contribution in [-0.4, -0.2) is 31.0 Å². The molecule has 0 bridgehead atoms. The number of aromatic nitrogens is 4. The summed E-state index contributed by atoms with van der Waals surface area (Å²) in [4.78, 5) is 15.8. The lowest BCUT2D eigenvalue weighted by Gasteiger charge is -2.23. The number of para-hydroxylation sites is 1. The van der Waals surface area contributed by atoms with Gasteiger partial charge in [-0.25, -0.2) is 14.4 Å². The Bertz CT molecular complexity index is 942. The lowest BCUT2D eigenvalue weighted by molar-refractivity contribution is 0.233. The van der Waals surface area contributed by atoms with Gasteiger partial charge >= 0.3 is 0 Å². The van der Waals surface area contributed by atoms with Crippen molar-refractivity contribution in [2.75, 3.05) is 6.54 Å². The number of hydrogen-bond acceptors (Lipinski definition) is 5. The standard InChI is InChI=1S/C20H22FN5O/c1-14-10-19(27-18-8-4-3-6-16(18)21)24-20(23-14)17-7-5-9-26(17)12-15-11-22-13-25(15)2/h3-4,6,8,10-11,13,17H,5,7,9,12H2,1-2H3/t17-/m1/s1. The molecule has 0 N–H and O–H groups in total. The minimum absolute atomic E-state index is 0.114. The van der Waals surface area contributed by atoms with E-state index in [0.717, 1.165) is 43.1 Å². The van der Waals surface area contributed by atoms with Crippen LogP contribution >= 0.6 is 0 Å². The largest absolute Gasteiger partial charge is 0.436 e. The predicted octanol–water partition coefficient (Wildman–Crippen LogP) is 3.79. The maximum absolute atomic E-state index is 13.9. The third kappa shape index (κ3) is 3.83. The lowest BCUT2D eigenvalue weighted by atomic mass is 10.2. The maximum atomic E-state index is 13.9. The van der Waals surface area contributed by atoms with Crippen LogP contribution in [0.2, 0.25) is 0 Å². The van der Waals surface area contributed by atoms with E-state index >= 15 is 0 Å². The summed E-state index contributed by atoms with van der Waals surface area (Å²) in [5.41, 5.74) is 1.95. The van der Waals surface area contributed by atoms with E-state index in [1.54, 1.807) is 24.3 Å². The number of aryl methyl sites for hydroxylation is 2. The fourth-order valence-electron chi connectivity index (χ4n) is 3.46. The average Bonchev–Trinajstić information content (AvgIpc) is 3.26. The number of imidazole rings is 1. The van der Waals surface area contributed by atoms with Crippen molar-refractivity contribution in [1.82, 2.24) is 24.4 Å². The molecule has 1 saturated heterocycles. The van der Waals surface area contributed by atoms with Crippen molar-refractivity contribution in [2.45, 2.75) is 32.4 Å². The molecule has 27 heavy (non-hydrogen) atoms. The molecule has 1 aliphatic heterocycles. The highest BCUT2D eigenvalue weighted by Crippen LogP contribution is 2.33. The zero-order valence-corrected chi connectivity index (χ0v) is 15.5. The van der Waals surface area contributed by atoms with E-state index in [2.05, 4.69) is 19.9 Å². The van der Waals surface area contributed by atoms with Crippen LogP contribution in [0.3, 0.4) is 0 Å². The smallest absolute Gasteiger partial charge is 0.222 e. The van der Waals surface area contributed by atoms with E-state index < -0.39 is 5.82 Å². The Hall–Kier alpha value is -2.80. The molecule has 0 amide bonds. The maximum Gasteiger partial charge on any atom is 0.222 e. The molecule has 0 unspecified atom stereocenters. The van der Waals surface area contributed by atoms with Gasteiger partial charge in [-0.3, -0.25) is 4.90 Å². The highest BCUT2D eigenvalue weighted by atomic mass is 19.1. The lowest BCUT2D eigenvalue weighted by Crippen LogP contribution is -2.25. The molecule has 0 radical (unpaired) electrons. The van der Waals surface area contributed by atoms with Crippen molar-refractivity contribution in [2.24, 2.45) is 7.05 Å². The van der Waals surface area contributed by atoms with Crippen LogP contribution < -0.4 is 4.74 Å². The number of hydrogen-bond donors (Lipinski definition) is 0. The van der Waals surface area contributed by atoms with Gasteiger partial charge in [0.25, 0.3) is 0 Å². The monoisotopic (exact) mass is 367 g/mol. The van der Waals surface area contributed by atoms with Gasteiger partial charge in [0.2, 0.25) is 5.88 Å². The van der Waals surface area contributed by atoms with Crippen molar-refractivity contribution in [1.29, 1.82) is 0 Å². The minimum Gasteiger partial charge on any atom is -0.436 e. The summed E-state index contributed by atoms with van der Waals surface area (Å²) in [6, 6.07) is 8.18. The number of rotatable bonds is 5. The fourth-order valence-corrected chi connectivity index (χ4v) is 3.46. The molecule has 4 rings (SSSR count). The van der Waals surface area contributed by atoms with Crippen molar-refractivity contribution in [3.8, 4) is 11.6 Å². The highest BCUT2D eigenvalue weighted by Gasteiger charge is 2.29. The molecule has 1 fully saturated rings. The number of nitrogens with zero attached hydrogens (tertiary/aromatic N) is 5. The van der Waals surface area contributed by atoms with Crippen LogP contribution in [0.25, 0.3) is 0 Å². The topological polar surface area (TPSA) is 56.1 Å². The first-order valence-corrected chi connectivity index (χ1v) is 9.07. The third-order valence-corrected chi connectivity index (χ3v) is 4.84. The molecule has 6 nitrogen and oxygen atoms in total. The second-order valence-electron chi connectivity index (χ2n) is 6.86. The number of ether oxygens (including phenoxy) is 1. The van der Waals surface area contributed by atoms with Crippen LogP contribution in [0, 0.1) is 12.7 Å². The Balaban J connectivity index is 1.58. The van der Waals surface area contributed by atoms with E-state index in [1.165, 1.54) is 6.07 Å². The molecule has 3 heterocycles. The van der Waals surface area contributed by atoms with Gasteiger partial charge in [0.15, 0.2) is 11.6 Å². The Morgan fingerprint density at radius 2 is 2.11 bits per heavy atom. The van der Waals surface area contributed by atoms with E-state index in [1.807, 2.05) is 31.1 Å². The molecule has 1 aromatic carbocycles. The van der Waals surface area contributed by atoms with Crippen molar-refractivity contribution in [3.63, 3.8) is 0 Å². The van der Waals surface area contributed by atoms with Gasteiger partial charge in [0, 0.05) is 31.5 Å². The van der Waals surface area contributed by atoms with E-state index in [4.69, 9.17) is 4.74 Å². The number of benzene rings is 1. The van der Waals surface area contributed by atoms with Crippen molar-refractivity contribution < 1.29 is 9.13 Å². The Morgan fingerprint density at radius 3 is 2.89 bits per heavy atom. The second kappa shape index (κ2) is 7.44. The summed E-state index contributed by atoms with van der Waals surface area (Å²) in [7, 11) is 2.00. The van der Waals surface area contributed by atoms with Gasteiger partial charge < -0.3 is 9.30 Å². The molecule has 1 aliphatic rings. The quantitative estimate of drug-likeness (QED) is 0.687. The highest BCUT2D eigenvalue weighted by molar-refractivity contribution is 5.29. The Labute approximate surface area is 157 Å². The summed E-state index contributed by atoms with van der Waals surface area (Å²) >= 11 is 0. The van der Waals surface area contributed by atoms with Crippen molar-refractivity contribution in [3.05, 3.63) is 65.9 Å². The third-order valence-electron chi connectivity index (χ3n) is 4.84. The summed E-state index contributed by atoms with van der Waals surface area (Å²) in [6.45, 7) is 3.68. The first kappa shape index (κ1) is 17.6. The molecule has 1 atom stereocenters. The summed E-state index contributed by atoms with van der Waals surface area (Å²) in [5, 5.41) is 0. The van der Waals surface area contributed by atoms with Gasteiger partial charge in [-0.2, -0.15) is 4.98 Å². The van der Waals surface area contributed by atoms with E-state index in [-0.39, 0.29) is 11.8 Å². The van der Waals surface area contributed by atoms with E-state index in [0.29, 0.717) is 5.88 Å². The molecule has 0 saturated carbocycles. The summed E-state index contributed by atoms with van der Waals surface area (Å²) in [5.74, 6) is 0.852. The first-order chi connectivity index (χ1) is 13.1. The minimum atomic E-state index is -0.408. The number of halogens is 1. The SMILES string of the molecule is Cc1cc(Oc2ccccc2F)nc([C@H]2CCCN2Cc2cncn2C)n1. The molecule has 140 valence electrons. The van der Waals surface area contributed by atoms with Crippen LogP contribution in [0.1, 0.15) is 36.1 Å². The van der Waals surface area contributed by atoms with Gasteiger partial charge in [-0.15, -0.1) is 0 Å². The molecule has 2 aromatic heterocycles. The fraction of sp³-hybridized carbons (Fsp3) is 0.350. The Morgan fingerprint density at radius 1 is 1.26 bits per heavy atom. The zero-order valence-electron chi connectivity index (χ0n) is 15.5.